The number of anilines is 1. The maximum absolute atomic E-state index is 11.9. The van der Waals surface area contributed by atoms with Crippen LogP contribution in [0.5, 0.6) is 0 Å². The summed E-state index contributed by atoms with van der Waals surface area (Å²) in [6.45, 7) is 2.00. The molecule has 2 aromatic rings. The number of carbonyl (C=O) groups is 1. The van der Waals surface area contributed by atoms with Crippen molar-refractivity contribution in [2.75, 3.05) is 5.32 Å². The van der Waals surface area contributed by atoms with Gasteiger partial charge in [0.1, 0.15) is 0 Å². The van der Waals surface area contributed by atoms with E-state index in [9.17, 15) is 4.79 Å². The molecule has 1 amide bonds. The lowest BCUT2D eigenvalue weighted by Crippen LogP contribution is -2.11. The fourth-order valence-corrected chi connectivity index (χ4v) is 2.02. The molecule has 0 aromatic heterocycles. The van der Waals surface area contributed by atoms with Crippen LogP contribution in [0.1, 0.15) is 15.9 Å². The lowest BCUT2D eigenvalue weighted by molar-refractivity contribution is 0.102. The molecule has 0 saturated carbocycles. The number of amides is 1. The van der Waals surface area contributed by atoms with Crippen molar-refractivity contribution in [3.05, 3.63) is 63.2 Å². The molecule has 0 aliphatic carbocycles. The summed E-state index contributed by atoms with van der Waals surface area (Å²) in [6, 6.07) is 15.3. The molecule has 2 aromatic carbocycles. The molecule has 0 radical (unpaired) electrons. The minimum atomic E-state index is -0.0769. The predicted molar refractivity (Wildman–Crippen MR) is 78.3 cm³/mol. The number of hydrogen-bond donors (Lipinski definition) is 1. The molecule has 3 heteroatoms. The van der Waals surface area contributed by atoms with Gasteiger partial charge in [-0.15, -0.1) is 0 Å². The monoisotopic (exact) mass is 337 g/mol. The van der Waals surface area contributed by atoms with Gasteiger partial charge >= 0.3 is 0 Å². The predicted octanol–water partition coefficient (Wildman–Crippen LogP) is 3.85. The molecule has 0 heterocycles. The van der Waals surface area contributed by atoms with Crippen LogP contribution in [0.2, 0.25) is 0 Å². The Kier molecular flexibility index (Phi) is 3.78. The Morgan fingerprint density at radius 3 is 2.47 bits per heavy atom. The van der Waals surface area contributed by atoms with E-state index < -0.39 is 0 Å². The van der Waals surface area contributed by atoms with Gasteiger partial charge in [-0.05, 0) is 59.8 Å². The molecule has 0 fully saturated rings. The molecular weight excluding hydrogens is 325 g/mol. The standard InChI is InChI=1S/C14H12INO/c1-10-5-7-11(8-6-10)14(17)16-13-4-2-3-12(15)9-13/h2-9H,1H3,(H,16,17). The van der Waals surface area contributed by atoms with E-state index in [2.05, 4.69) is 27.9 Å². The lowest BCUT2D eigenvalue weighted by Gasteiger charge is -2.05. The molecule has 2 nitrogen and oxygen atoms in total. The quantitative estimate of drug-likeness (QED) is 0.829. The van der Waals surface area contributed by atoms with Crippen molar-refractivity contribution in [2.24, 2.45) is 0 Å². The summed E-state index contributed by atoms with van der Waals surface area (Å²) in [5, 5.41) is 2.87. The van der Waals surface area contributed by atoms with Crippen molar-refractivity contribution < 1.29 is 4.79 Å². The number of benzene rings is 2. The minimum Gasteiger partial charge on any atom is -0.322 e. The largest absolute Gasteiger partial charge is 0.322 e. The highest BCUT2D eigenvalue weighted by Gasteiger charge is 2.05. The zero-order valence-electron chi connectivity index (χ0n) is 9.41. The zero-order valence-corrected chi connectivity index (χ0v) is 11.6. The van der Waals surface area contributed by atoms with Crippen LogP contribution >= 0.6 is 22.6 Å². The average Bonchev–Trinajstić information content (AvgIpc) is 2.29. The van der Waals surface area contributed by atoms with Gasteiger partial charge in [0.2, 0.25) is 0 Å². The summed E-state index contributed by atoms with van der Waals surface area (Å²) in [5.41, 5.74) is 2.65. The van der Waals surface area contributed by atoms with Crippen molar-refractivity contribution in [1.29, 1.82) is 0 Å². The molecule has 0 spiro atoms. The van der Waals surface area contributed by atoms with Crippen LogP contribution in [-0.4, -0.2) is 5.91 Å². The van der Waals surface area contributed by atoms with Crippen LogP contribution in [0.15, 0.2) is 48.5 Å². The lowest BCUT2D eigenvalue weighted by atomic mass is 10.1. The average molecular weight is 337 g/mol. The Labute approximate surface area is 114 Å². The first-order chi connectivity index (χ1) is 8.15. The molecule has 0 aliphatic heterocycles. The van der Waals surface area contributed by atoms with Gasteiger partial charge in [-0.3, -0.25) is 4.79 Å². The normalized spacial score (nSPS) is 10.0. The molecule has 86 valence electrons. The maximum atomic E-state index is 11.9. The third kappa shape index (κ3) is 3.30. The number of hydrogen-bond acceptors (Lipinski definition) is 1. The topological polar surface area (TPSA) is 29.1 Å². The van der Waals surface area contributed by atoms with Crippen LogP contribution in [0.25, 0.3) is 0 Å². The second kappa shape index (κ2) is 5.31. The molecule has 0 unspecified atom stereocenters. The van der Waals surface area contributed by atoms with Gasteiger partial charge in [0.15, 0.2) is 0 Å². The highest BCUT2D eigenvalue weighted by molar-refractivity contribution is 14.1. The van der Waals surface area contributed by atoms with E-state index in [1.54, 1.807) is 0 Å². The van der Waals surface area contributed by atoms with Crippen molar-refractivity contribution in [2.45, 2.75) is 6.92 Å². The van der Waals surface area contributed by atoms with Crippen LogP contribution in [-0.2, 0) is 0 Å². The first-order valence-electron chi connectivity index (χ1n) is 5.29. The summed E-state index contributed by atoms with van der Waals surface area (Å²) < 4.78 is 1.10. The second-order valence-electron chi connectivity index (χ2n) is 3.83. The maximum Gasteiger partial charge on any atom is 0.255 e. The summed E-state index contributed by atoms with van der Waals surface area (Å²) in [4.78, 5) is 11.9. The van der Waals surface area contributed by atoms with E-state index in [4.69, 9.17) is 0 Å². The van der Waals surface area contributed by atoms with Gasteiger partial charge in [0.05, 0.1) is 0 Å². The highest BCUT2D eigenvalue weighted by atomic mass is 127. The van der Waals surface area contributed by atoms with Crippen LogP contribution in [0.4, 0.5) is 5.69 Å². The van der Waals surface area contributed by atoms with Gasteiger partial charge in [0, 0.05) is 14.8 Å². The van der Waals surface area contributed by atoms with E-state index in [1.807, 2.05) is 55.5 Å². The van der Waals surface area contributed by atoms with Crippen molar-refractivity contribution in [1.82, 2.24) is 0 Å². The zero-order chi connectivity index (χ0) is 12.3. The molecule has 0 atom stereocenters. The fourth-order valence-electron chi connectivity index (χ4n) is 1.47. The fraction of sp³-hybridized carbons (Fsp3) is 0.0714. The first-order valence-corrected chi connectivity index (χ1v) is 6.36. The van der Waals surface area contributed by atoms with Gasteiger partial charge in [-0.25, -0.2) is 0 Å². The second-order valence-corrected chi connectivity index (χ2v) is 5.08. The molecule has 0 aliphatic rings. The number of halogens is 1. The highest BCUT2D eigenvalue weighted by Crippen LogP contribution is 2.14. The molecule has 1 N–H and O–H groups in total. The molecule has 0 saturated heterocycles. The first kappa shape index (κ1) is 12.1. The van der Waals surface area contributed by atoms with E-state index in [0.29, 0.717) is 5.56 Å². The van der Waals surface area contributed by atoms with Gasteiger partial charge in [0.25, 0.3) is 5.91 Å². The number of aryl methyl sites for hydroxylation is 1. The Hall–Kier alpha value is -1.36. The summed E-state index contributed by atoms with van der Waals surface area (Å²) in [6.07, 6.45) is 0. The summed E-state index contributed by atoms with van der Waals surface area (Å²) in [5.74, 6) is -0.0769. The van der Waals surface area contributed by atoms with Gasteiger partial charge < -0.3 is 5.32 Å². The van der Waals surface area contributed by atoms with Gasteiger partial charge in [-0.2, -0.15) is 0 Å². The van der Waals surface area contributed by atoms with E-state index in [1.165, 1.54) is 0 Å². The van der Waals surface area contributed by atoms with Crippen molar-refractivity contribution in [3.63, 3.8) is 0 Å². The van der Waals surface area contributed by atoms with E-state index >= 15 is 0 Å². The number of carbonyl (C=O) groups excluding carboxylic acids is 1. The molecule has 2 rings (SSSR count). The van der Waals surface area contributed by atoms with Crippen molar-refractivity contribution >= 4 is 34.2 Å². The van der Waals surface area contributed by atoms with Crippen LogP contribution in [0.3, 0.4) is 0 Å². The van der Waals surface area contributed by atoms with E-state index in [0.717, 1.165) is 14.8 Å². The Morgan fingerprint density at radius 1 is 1.12 bits per heavy atom. The number of rotatable bonds is 2. The molecule has 17 heavy (non-hydrogen) atoms. The Bertz CT molecular complexity index is 534. The van der Waals surface area contributed by atoms with Gasteiger partial charge in [-0.1, -0.05) is 23.8 Å². The minimum absolute atomic E-state index is 0.0769. The van der Waals surface area contributed by atoms with Crippen LogP contribution in [0, 0.1) is 10.5 Å². The SMILES string of the molecule is Cc1ccc(C(=O)Nc2cccc(I)c2)cc1. The third-order valence-electron chi connectivity index (χ3n) is 2.40. The third-order valence-corrected chi connectivity index (χ3v) is 3.07. The summed E-state index contributed by atoms with van der Waals surface area (Å²) >= 11 is 2.22. The molecule has 0 bridgehead atoms. The van der Waals surface area contributed by atoms with Crippen molar-refractivity contribution in [3.8, 4) is 0 Å². The summed E-state index contributed by atoms with van der Waals surface area (Å²) in [7, 11) is 0. The van der Waals surface area contributed by atoms with Crippen LogP contribution < -0.4 is 5.32 Å². The Morgan fingerprint density at radius 2 is 1.82 bits per heavy atom. The smallest absolute Gasteiger partial charge is 0.255 e. The molecular formula is C14H12INO. The Balaban J connectivity index is 2.14. The van der Waals surface area contributed by atoms with E-state index in [-0.39, 0.29) is 5.91 Å². The number of nitrogens with one attached hydrogen (secondary N) is 1.